The van der Waals surface area contributed by atoms with Crippen molar-refractivity contribution in [3.63, 3.8) is 0 Å². The fraction of sp³-hybridized carbons (Fsp3) is 0. The Bertz CT molecular complexity index is 2580. The van der Waals surface area contributed by atoms with Crippen molar-refractivity contribution in [1.82, 2.24) is 5.32 Å². The first-order valence-electron chi connectivity index (χ1n) is 18.9. The van der Waals surface area contributed by atoms with Crippen LogP contribution >= 0.6 is 0 Å². The summed E-state index contributed by atoms with van der Waals surface area (Å²) < 4.78 is 0. The minimum Gasteiger partial charge on any atom is -0.354 e. The lowest BCUT2D eigenvalue weighted by Gasteiger charge is -2.26. The number of benzene rings is 8. The van der Waals surface area contributed by atoms with Crippen LogP contribution in [0.2, 0.25) is 0 Å². The van der Waals surface area contributed by atoms with E-state index in [9.17, 15) is 0 Å². The SMILES string of the molecule is N=C/C(=C1\NC(c2ccccc2)=Cc2cc(-c3ccc(N(c4ccc(-c5ccccc5)cc4)c4ccc(-c5ccccc5)cc4)cc3)ccc21)c1ccccc1. The third-order valence-corrected chi connectivity index (χ3v) is 10.4. The minimum absolute atomic E-state index is 0.846. The normalized spacial score (nSPS) is 12.8. The van der Waals surface area contributed by atoms with Gasteiger partial charge in [-0.3, -0.25) is 0 Å². The van der Waals surface area contributed by atoms with E-state index in [0.29, 0.717) is 0 Å². The van der Waals surface area contributed by atoms with E-state index in [0.717, 1.165) is 67.4 Å². The highest BCUT2D eigenvalue weighted by atomic mass is 15.1. The maximum atomic E-state index is 8.45. The standard InChI is InChI=1S/C53H39N3/c54-37-51(43-17-9-3-10-18-43)53-50-34-27-45(35-46(50)36-52(55-53)44-19-11-4-12-20-44)42-25-32-49(33-26-42)56(47-28-21-40(22-29-47)38-13-5-1-6-14-38)48-30-23-41(24-31-48)39-15-7-2-8-16-39/h1-37,54-55H/b53-51+,54-37?. The van der Waals surface area contributed by atoms with Gasteiger partial charge >= 0.3 is 0 Å². The van der Waals surface area contributed by atoms with Gasteiger partial charge in [-0.15, -0.1) is 0 Å². The van der Waals surface area contributed by atoms with Crippen molar-refractivity contribution in [2.24, 2.45) is 0 Å². The summed E-state index contributed by atoms with van der Waals surface area (Å²) in [7, 11) is 0. The van der Waals surface area contributed by atoms with Gasteiger partial charge in [0, 0.05) is 40.1 Å². The Balaban J connectivity index is 1.10. The lowest BCUT2D eigenvalue weighted by atomic mass is 9.90. The Morgan fingerprint density at radius 1 is 0.411 bits per heavy atom. The molecular weight excluding hydrogens is 679 g/mol. The minimum atomic E-state index is 0.846. The maximum Gasteiger partial charge on any atom is 0.0559 e. The van der Waals surface area contributed by atoms with Crippen LogP contribution in [0.15, 0.2) is 212 Å². The molecule has 1 aliphatic rings. The Hall–Kier alpha value is -7.49. The molecule has 56 heavy (non-hydrogen) atoms. The Morgan fingerprint density at radius 2 is 0.804 bits per heavy atom. The van der Waals surface area contributed by atoms with E-state index in [1.807, 2.05) is 24.3 Å². The van der Waals surface area contributed by atoms with Crippen LogP contribution in [0.5, 0.6) is 0 Å². The van der Waals surface area contributed by atoms with Gasteiger partial charge in [-0.1, -0.05) is 170 Å². The van der Waals surface area contributed by atoms with E-state index in [-0.39, 0.29) is 0 Å². The first-order valence-corrected chi connectivity index (χ1v) is 18.9. The van der Waals surface area contributed by atoms with Gasteiger partial charge in [0.15, 0.2) is 0 Å². The number of rotatable bonds is 9. The smallest absolute Gasteiger partial charge is 0.0559 e. The zero-order valence-corrected chi connectivity index (χ0v) is 30.8. The highest BCUT2D eigenvalue weighted by Crippen LogP contribution is 2.40. The Kier molecular flexibility index (Phi) is 9.47. The first-order chi connectivity index (χ1) is 27.7. The van der Waals surface area contributed by atoms with Gasteiger partial charge < -0.3 is 15.6 Å². The summed E-state index contributed by atoms with van der Waals surface area (Å²) in [6.45, 7) is 0. The molecule has 0 spiro atoms. The summed E-state index contributed by atoms with van der Waals surface area (Å²) >= 11 is 0. The van der Waals surface area contributed by atoms with Crippen molar-refractivity contribution in [2.75, 3.05) is 4.90 Å². The Morgan fingerprint density at radius 3 is 1.27 bits per heavy atom. The lowest BCUT2D eigenvalue weighted by Crippen LogP contribution is -2.18. The predicted octanol–water partition coefficient (Wildman–Crippen LogP) is 13.8. The highest BCUT2D eigenvalue weighted by molar-refractivity contribution is 6.20. The van der Waals surface area contributed by atoms with Gasteiger partial charge in [0.05, 0.1) is 5.70 Å². The monoisotopic (exact) mass is 717 g/mol. The average Bonchev–Trinajstić information content (AvgIpc) is 3.28. The fourth-order valence-electron chi connectivity index (χ4n) is 7.50. The number of nitrogens with one attached hydrogen (secondary N) is 2. The molecule has 0 aliphatic carbocycles. The second-order valence-electron chi connectivity index (χ2n) is 13.9. The topological polar surface area (TPSA) is 39.1 Å². The van der Waals surface area contributed by atoms with E-state index in [4.69, 9.17) is 5.41 Å². The van der Waals surface area contributed by atoms with Gasteiger partial charge in [0.2, 0.25) is 0 Å². The fourth-order valence-corrected chi connectivity index (χ4v) is 7.50. The number of hydrogen-bond acceptors (Lipinski definition) is 3. The molecule has 8 aromatic carbocycles. The van der Waals surface area contributed by atoms with Gasteiger partial charge in [-0.05, 0) is 98.6 Å². The highest BCUT2D eigenvalue weighted by Gasteiger charge is 2.21. The van der Waals surface area contributed by atoms with Gasteiger partial charge in [0.25, 0.3) is 0 Å². The first kappa shape index (κ1) is 34.3. The third kappa shape index (κ3) is 6.98. The van der Waals surface area contributed by atoms with Crippen molar-refractivity contribution in [2.45, 2.75) is 0 Å². The lowest BCUT2D eigenvalue weighted by molar-refractivity contribution is 1.22. The molecule has 0 unspecified atom stereocenters. The molecular formula is C53H39N3. The maximum absolute atomic E-state index is 8.45. The van der Waals surface area contributed by atoms with Crippen molar-refractivity contribution >= 4 is 46.3 Å². The molecule has 3 nitrogen and oxygen atoms in total. The van der Waals surface area contributed by atoms with Crippen molar-refractivity contribution in [3.8, 4) is 33.4 Å². The summed E-state index contributed by atoms with van der Waals surface area (Å²) in [5.41, 5.74) is 17.3. The molecule has 0 radical (unpaired) electrons. The van der Waals surface area contributed by atoms with Crippen LogP contribution in [0.25, 0.3) is 56.4 Å². The van der Waals surface area contributed by atoms with Gasteiger partial charge in [-0.25, -0.2) is 0 Å². The van der Waals surface area contributed by atoms with Crippen LogP contribution in [-0.2, 0) is 0 Å². The molecule has 1 aliphatic heterocycles. The molecule has 0 saturated carbocycles. The van der Waals surface area contributed by atoms with Crippen LogP contribution in [0.1, 0.15) is 22.3 Å². The van der Waals surface area contributed by atoms with Crippen molar-refractivity contribution in [1.29, 1.82) is 5.41 Å². The quantitative estimate of drug-likeness (QED) is 0.146. The molecule has 0 saturated heterocycles. The number of fused-ring (bicyclic) bond motifs is 1. The molecule has 0 aromatic heterocycles. The number of nitrogens with zero attached hydrogens (tertiary/aromatic N) is 1. The van der Waals surface area contributed by atoms with Crippen LogP contribution in [-0.4, -0.2) is 6.21 Å². The van der Waals surface area contributed by atoms with E-state index < -0.39 is 0 Å². The predicted molar refractivity (Wildman–Crippen MR) is 237 cm³/mol. The molecule has 0 amide bonds. The molecule has 2 N–H and O–H groups in total. The summed E-state index contributed by atoms with van der Waals surface area (Å²) in [6.07, 6.45) is 3.68. The third-order valence-electron chi connectivity index (χ3n) is 10.4. The molecule has 1 heterocycles. The van der Waals surface area contributed by atoms with Crippen molar-refractivity contribution in [3.05, 3.63) is 235 Å². The summed E-state index contributed by atoms with van der Waals surface area (Å²) in [6, 6.07) is 74.7. The molecule has 3 heteroatoms. The van der Waals surface area contributed by atoms with Gasteiger partial charge in [0.1, 0.15) is 0 Å². The average molecular weight is 718 g/mol. The molecule has 0 atom stereocenters. The van der Waals surface area contributed by atoms with Crippen LogP contribution in [0.4, 0.5) is 17.1 Å². The molecule has 0 fully saturated rings. The zero-order chi connectivity index (χ0) is 37.7. The summed E-state index contributed by atoms with van der Waals surface area (Å²) in [4.78, 5) is 2.32. The van der Waals surface area contributed by atoms with Crippen LogP contribution in [0.3, 0.4) is 0 Å². The largest absolute Gasteiger partial charge is 0.354 e. The second-order valence-corrected chi connectivity index (χ2v) is 13.9. The molecule has 9 rings (SSSR count). The van der Waals surface area contributed by atoms with E-state index >= 15 is 0 Å². The van der Waals surface area contributed by atoms with Crippen LogP contribution < -0.4 is 10.2 Å². The number of allylic oxidation sites excluding steroid dienone is 1. The van der Waals surface area contributed by atoms with Gasteiger partial charge in [-0.2, -0.15) is 0 Å². The van der Waals surface area contributed by atoms with Crippen molar-refractivity contribution < 1.29 is 0 Å². The summed E-state index contributed by atoms with van der Waals surface area (Å²) in [5, 5.41) is 12.1. The van der Waals surface area contributed by atoms with E-state index in [1.54, 1.807) is 0 Å². The Labute approximate surface area is 328 Å². The number of anilines is 3. The van der Waals surface area contributed by atoms with E-state index in [2.05, 4.69) is 204 Å². The number of hydrogen-bond donors (Lipinski definition) is 2. The summed E-state index contributed by atoms with van der Waals surface area (Å²) in [5.74, 6) is 0. The molecule has 0 bridgehead atoms. The zero-order valence-electron chi connectivity index (χ0n) is 30.8. The molecule has 8 aromatic rings. The van der Waals surface area contributed by atoms with E-state index in [1.165, 1.54) is 28.5 Å². The second kappa shape index (κ2) is 15.5. The molecule has 266 valence electrons. The van der Waals surface area contributed by atoms with Crippen LogP contribution in [0, 0.1) is 5.41 Å².